The zero-order valence-corrected chi connectivity index (χ0v) is 15.7. The van der Waals surface area contributed by atoms with Crippen LogP contribution in [-0.4, -0.2) is 7.11 Å². The topological polar surface area (TPSA) is 21.3 Å². The molecule has 1 N–H and O–H groups in total. The molecule has 0 aliphatic carbocycles. The second-order valence-electron chi connectivity index (χ2n) is 6.10. The minimum Gasteiger partial charge on any atom is -0.496 e. The van der Waals surface area contributed by atoms with Gasteiger partial charge in [-0.15, -0.1) is 12.4 Å². The molecule has 0 saturated carbocycles. The molecule has 132 valence electrons. The normalized spacial score (nSPS) is 11.8. The lowest BCUT2D eigenvalue weighted by atomic mass is 10.00. The van der Waals surface area contributed by atoms with E-state index in [2.05, 4.69) is 79.0 Å². The molecule has 3 heteroatoms. The number of rotatable bonds is 7. The van der Waals surface area contributed by atoms with Gasteiger partial charge in [0.2, 0.25) is 0 Å². The monoisotopic (exact) mass is 355 g/mol. The molecule has 0 aliphatic rings. The van der Waals surface area contributed by atoms with Gasteiger partial charge >= 0.3 is 0 Å². The fourth-order valence-electron chi connectivity index (χ4n) is 3.28. The van der Waals surface area contributed by atoms with E-state index < -0.39 is 0 Å². The second kappa shape index (κ2) is 9.45. The largest absolute Gasteiger partial charge is 0.496 e. The van der Waals surface area contributed by atoms with Crippen molar-refractivity contribution in [3.05, 3.63) is 77.9 Å². The Balaban J connectivity index is 0.00000225. The van der Waals surface area contributed by atoms with Crippen LogP contribution < -0.4 is 10.1 Å². The molecule has 0 saturated heterocycles. The van der Waals surface area contributed by atoms with Crippen molar-refractivity contribution in [3.8, 4) is 5.75 Å². The molecule has 3 aromatic carbocycles. The van der Waals surface area contributed by atoms with E-state index in [1.807, 2.05) is 0 Å². The number of halogens is 1. The molecule has 0 aliphatic heterocycles. The highest BCUT2D eigenvalue weighted by atomic mass is 35.5. The molecule has 1 atom stereocenters. The molecule has 3 rings (SSSR count). The maximum Gasteiger partial charge on any atom is 0.123 e. The maximum absolute atomic E-state index is 5.61. The average Bonchev–Trinajstić information content (AvgIpc) is 2.65. The smallest absolute Gasteiger partial charge is 0.123 e. The average molecular weight is 356 g/mol. The molecular formula is C22H26ClNO. The van der Waals surface area contributed by atoms with Gasteiger partial charge in [0.05, 0.1) is 7.11 Å². The van der Waals surface area contributed by atoms with Crippen LogP contribution in [0.4, 0.5) is 0 Å². The molecule has 0 aromatic heterocycles. The van der Waals surface area contributed by atoms with Gasteiger partial charge in [0.15, 0.2) is 0 Å². The van der Waals surface area contributed by atoms with E-state index in [1.54, 1.807) is 7.11 Å². The van der Waals surface area contributed by atoms with Gasteiger partial charge in [-0.1, -0.05) is 74.0 Å². The summed E-state index contributed by atoms with van der Waals surface area (Å²) >= 11 is 0. The zero-order valence-electron chi connectivity index (χ0n) is 14.9. The first kappa shape index (κ1) is 19.3. The zero-order chi connectivity index (χ0) is 16.8. The molecule has 3 aromatic rings. The Hall–Kier alpha value is -2.03. The van der Waals surface area contributed by atoms with Gasteiger partial charge in [0.25, 0.3) is 0 Å². The summed E-state index contributed by atoms with van der Waals surface area (Å²) in [5.41, 5.74) is 2.58. The van der Waals surface area contributed by atoms with Crippen molar-refractivity contribution in [2.24, 2.45) is 0 Å². The lowest BCUT2D eigenvalue weighted by Crippen LogP contribution is -2.21. The third kappa shape index (κ3) is 4.53. The van der Waals surface area contributed by atoms with Crippen molar-refractivity contribution in [2.45, 2.75) is 32.4 Å². The van der Waals surface area contributed by atoms with Crippen molar-refractivity contribution < 1.29 is 4.74 Å². The van der Waals surface area contributed by atoms with Gasteiger partial charge in [-0.25, -0.2) is 0 Å². The lowest BCUT2D eigenvalue weighted by Gasteiger charge is -2.20. The van der Waals surface area contributed by atoms with Crippen molar-refractivity contribution in [1.29, 1.82) is 0 Å². The first-order valence-electron chi connectivity index (χ1n) is 8.66. The molecule has 0 bridgehead atoms. The summed E-state index contributed by atoms with van der Waals surface area (Å²) < 4.78 is 5.61. The van der Waals surface area contributed by atoms with E-state index in [1.165, 1.54) is 21.9 Å². The third-order valence-corrected chi connectivity index (χ3v) is 4.52. The molecular weight excluding hydrogens is 330 g/mol. The van der Waals surface area contributed by atoms with Crippen molar-refractivity contribution in [2.75, 3.05) is 7.11 Å². The summed E-state index contributed by atoms with van der Waals surface area (Å²) in [6.07, 6.45) is 2.27. The van der Waals surface area contributed by atoms with Crippen LogP contribution in [0, 0.1) is 0 Å². The van der Waals surface area contributed by atoms with Crippen LogP contribution in [0.2, 0.25) is 0 Å². The van der Waals surface area contributed by atoms with Gasteiger partial charge in [-0.3, -0.25) is 0 Å². The third-order valence-electron chi connectivity index (χ3n) is 4.52. The SMILES string of the molecule is CCCC(NCc1c(OC)ccc2ccccc12)c1ccccc1.Cl. The van der Waals surface area contributed by atoms with Crippen LogP contribution in [0.3, 0.4) is 0 Å². The second-order valence-corrected chi connectivity index (χ2v) is 6.10. The standard InChI is InChI=1S/C22H25NO.ClH/c1-3-9-21(18-11-5-4-6-12-18)23-16-20-19-13-8-7-10-17(19)14-15-22(20)24-2;/h4-8,10-15,21,23H,3,9,16H2,1-2H3;1H. The number of benzene rings is 3. The number of nitrogens with one attached hydrogen (secondary N) is 1. The molecule has 0 heterocycles. The fourth-order valence-corrected chi connectivity index (χ4v) is 3.28. The predicted molar refractivity (Wildman–Crippen MR) is 109 cm³/mol. The molecule has 0 fully saturated rings. The molecule has 0 radical (unpaired) electrons. The van der Waals surface area contributed by atoms with Gasteiger partial charge in [-0.05, 0) is 28.8 Å². The molecule has 1 unspecified atom stereocenters. The Morgan fingerprint density at radius 3 is 2.36 bits per heavy atom. The van der Waals surface area contributed by atoms with Gasteiger partial charge in [-0.2, -0.15) is 0 Å². The maximum atomic E-state index is 5.61. The van der Waals surface area contributed by atoms with Crippen molar-refractivity contribution in [1.82, 2.24) is 5.32 Å². The summed E-state index contributed by atoms with van der Waals surface area (Å²) in [5, 5.41) is 6.25. The summed E-state index contributed by atoms with van der Waals surface area (Å²) in [5.74, 6) is 0.949. The van der Waals surface area contributed by atoms with Crippen molar-refractivity contribution >= 4 is 23.2 Å². The highest BCUT2D eigenvalue weighted by Crippen LogP contribution is 2.29. The predicted octanol–water partition coefficient (Wildman–Crippen LogP) is 5.90. The Labute approximate surface area is 156 Å². The number of methoxy groups -OCH3 is 1. The number of hydrogen-bond donors (Lipinski definition) is 1. The van der Waals surface area contributed by atoms with Gasteiger partial charge in [0.1, 0.15) is 5.75 Å². The molecule has 2 nitrogen and oxygen atoms in total. The highest BCUT2D eigenvalue weighted by molar-refractivity contribution is 5.87. The Morgan fingerprint density at radius 2 is 1.64 bits per heavy atom. The van der Waals surface area contributed by atoms with E-state index >= 15 is 0 Å². The quantitative estimate of drug-likeness (QED) is 0.569. The van der Waals surface area contributed by atoms with Crippen LogP contribution in [0.5, 0.6) is 5.75 Å². The number of ether oxygens (including phenoxy) is 1. The number of fused-ring (bicyclic) bond motifs is 1. The first-order chi connectivity index (χ1) is 11.8. The van der Waals surface area contributed by atoms with Crippen LogP contribution >= 0.6 is 12.4 Å². The Kier molecular flexibility index (Phi) is 7.30. The Bertz CT molecular complexity index is 788. The summed E-state index contributed by atoms with van der Waals surface area (Å²) in [6, 6.07) is 23.7. The van der Waals surface area contributed by atoms with Crippen LogP contribution in [0.1, 0.15) is 36.9 Å². The fraction of sp³-hybridized carbons (Fsp3) is 0.273. The lowest BCUT2D eigenvalue weighted by molar-refractivity contribution is 0.405. The van der Waals surface area contributed by atoms with E-state index in [-0.39, 0.29) is 12.4 Å². The van der Waals surface area contributed by atoms with Crippen LogP contribution in [0.15, 0.2) is 66.7 Å². The van der Waals surface area contributed by atoms with Crippen LogP contribution in [0.25, 0.3) is 10.8 Å². The van der Waals surface area contributed by atoms with Gasteiger partial charge in [0, 0.05) is 18.2 Å². The van der Waals surface area contributed by atoms with E-state index in [0.29, 0.717) is 6.04 Å². The minimum atomic E-state index is 0. The highest BCUT2D eigenvalue weighted by Gasteiger charge is 2.13. The first-order valence-corrected chi connectivity index (χ1v) is 8.66. The summed E-state index contributed by atoms with van der Waals surface area (Å²) in [6.45, 7) is 3.03. The van der Waals surface area contributed by atoms with E-state index in [9.17, 15) is 0 Å². The Morgan fingerprint density at radius 1 is 0.920 bits per heavy atom. The summed E-state index contributed by atoms with van der Waals surface area (Å²) in [4.78, 5) is 0. The van der Waals surface area contributed by atoms with E-state index in [4.69, 9.17) is 4.74 Å². The summed E-state index contributed by atoms with van der Waals surface area (Å²) in [7, 11) is 1.74. The van der Waals surface area contributed by atoms with Crippen LogP contribution in [-0.2, 0) is 6.54 Å². The van der Waals surface area contributed by atoms with Gasteiger partial charge < -0.3 is 10.1 Å². The number of hydrogen-bond acceptors (Lipinski definition) is 2. The van der Waals surface area contributed by atoms with E-state index in [0.717, 1.165) is 25.1 Å². The molecule has 0 amide bonds. The minimum absolute atomic E-state index is 0. The molecule has 0 spiro atoms. The van der Waals surface area contributed by atoms with Crippen molar-refractivity contribution in [3.63, 3.8) is 0 Å². The molecule has 25 heavy (non-hydrogen) atoms.